The molecule has 62 valence electrons. The zero-order chi connectivity index (χ0) is 8.69. The van der Waals surface area contributed by atoms with Gasteiger partial charge in [0.2, 0.25) is 0 Å². The van der Waals surface area contributed by atoms with Gasteiger partial charge in [-0.1, -0.05) is 13.8 Å². The Balaban J connectivity index is 0.000000461. The van der Waals surface area contributed by atoms with Crippen molar-refractivity contribution in [2.75, 3.05) is 12.4 Å². The highest BCUT2D eigenvalue weighted by molar-refractivity contribution is 5.41. The van der Waals surface area contributed by atoms with Crippen molar-refractivity contribution in [1.29, 1.82) is 0 Å². The minimum atomic E-state index is 1.06. The number of anilines is 1. The van der Waals surface area contributed by atoms with Crippen molar-refractivity contribution in [3.8, 4) is 0 Å². The van der Waals surface area contributed by atoms with Crippen molar-refractivity contribution in [3.05, 3.63) is 24.0 Å². The van der Waals surface area contributed by atoms with Crippen LogP contribution in [-0.2, 0) is 0 Å². The predicted octanol–water partition coefficient (Wildman–Crippen LogP) is 2.46. The van der Waals surface area contributed by atoms with E-state index in [4.69, 9.17) is 0 Å². The van der Waals surface area contributed by atoms with Crippen molar-refractivity contribution < 1.29 is 0 Å². The summed E-state index contributed by atoms with van der Waals surface area (Å²) in [5, 5.41) is 3.01. The normalized spacial score (nSPS) is 8.00. The Bertz CT molecular complexity index is 197. The third kappa shape index (κ3) is 3.61. The smallest absolute Gasteiger partial charge is 0.0526 e. The van der Waals surface area contributed by atoms with Crippen LogP contribution in [0.5, 0.6) is 0 Å². The summed E-state index contributed by atoms with van der Waals surface area (Å²) in [6, 6.07) is 2.05. The highest BCUT2D eigenvalue weighted by atomic mass is 14.8. The Morgan fingerprint density at radius 1 is 1.27 bits per heavy atom. The molecule has 2 nitrogen and oxygen atoms in total. The number of aryl methyl sites for hydroxylation is 1. The summed E-state index contributed by atoms with van der Waals surface area (Å²) >= 11 is 0. The van der Waals surface area contributed by atoms with Gasteiger partial charge in [-0.05, 0) is 18.6 Å². The van der Waals surface area contributed by atoms with Crippen molar-refractivity contribution >= 4 is 5.69 Å². The standard InChI is InChI=1S/C7H10N2.C2H6/c1-6-3-7(8-2)5-9-4-6;1-2/h3-5,8H,1-2H3;1-2H3. The molecule has 0 amide bonds. The van der Waals surface area contributed by atoms with Gasteiger partial charge in [-0.2, -0.15) is 0 Å². The molecule has 1 aromatic heterocycles. The minimum Gasteiger partial charge on any atom is -0.387 e. The van der Waals surface area contributed by atoms with Gasteiger partial charge in [-0.15, -0.1) is 0 Å². The monoisotopic (exact) mass is 152 g/mol. The van der Waals surface area contributed by atoms with Crippen LogP contribution in [0.2, 0.25) is 0 Å². The molecule has 0 aliphatic rings. The second-order valence-corrected chi connectivity index (χ2v) is 2.00. The Hall–Kier alpha value is -1.05. The van der Waals surface area contributed by atoms with E-state index in [1.54, 1.807) is 6.20 Å². The highest BCUT2D eigenvalue weighted by Gasteiger charge is 1.86. The number of rotatable bonds is 1. The first-order chi connectivity index (χ1) is 5.33. The fourth-order valence-corrected chi connectivity index (χ4v) is 0.692. The van der Waals surface area contributed by atoms with E-state index < -0.39 is 0 Å². The Morgan fingerprint density at radius 3 is 2.27 bits per heavy atom. The predicted molar refractivity (Wildman–Crippen MR) is 49.9 cm³/mol. The van der Waals surface area contributed by atoms with Crippen molar-refractivity contribution in [3.63, 3.8) is 0 Å². The largest absolute Gasteiger partial charge is 0.387 e. The Kier molecular flexibility index (Phi) is 5.17. The average Bonchev–Trinajstić information content (AvgIpc) is 2.08. The van der Waals surface area contributed by atoms with Gasteiger partial charge in [0.25, 0.3) is 0 Å². The highest BCUT2D eigenvalue weighted by Crippen LogP contribution is 2.04. The maximum atomic E-state index is 3.99. The molecule has 0 aromatic carbocycles. The zero-order valence-electron chi connectivity index (χ0n) is 7.68. The fourth-order valence-electron chi connectivity index (χ4n) is 0.692. The molecule has 0 spiro atoms. The van der Waals surface area contributed by atoms with Crippen LogP contribution in [0, 0.1) is 6.92 Å². The number of nitrogens with one attached hydrogen (secondary N) is 1. The summed E-state index contributed by atoms with van der Waals surface area (Å²) in [7, 11) is 1.89. The maximum Gasteiger partial charge on any atom is 0.0526 e. The van der Waals surface area contributed by atoms with Gasteiger partial charge in [-0.3, -0.25) is 4.98 Å². The van der Waals surface area contributed by atoms with Crippen LogP contribution < -0.4 is 5.32 Å². The molecule has 1 rings (SSSR count). The molecule has 0 unspecified atom stereocenters. The van der Waals surface area contributed by atoms with Gasteiger partial charge < -0.3 is 5.32 Å². The topological polar surface area (TPSA) is 24.9 Å². The van der Waals surface area contributed by atoms with Gasteiger partial charge in [0.1, 0.15) is 0 Å². The van der Waals surface area contributed by atoms with Crippen molar-refractivity contribution in [2.24, 2.45) is 0 Å². The third-order valence-corrected chi connectivity index (χ3v) is 1.16. The van der Waals surface area contributed by atoms with Gasteiger partial charge in [-0.25, -0.2) is 0 Å². The summed E-state index contributed by atoms with van der Waals surface area (Å²) in [5.41, 5.74) is 2.25. The van der Waals surface area contributed by atoms with Crippen LogP contribution in [0.4, 0.5) is 5.69 Å². The van der Waals surface area contributed by atoms with Gasteiger partial charge >= 0.3 is 0 Å². The molecule has 0 radical (unpaired) electrons. The second-order valence-electron chi connectivity index (χ2n) is 2.00. The molecule has 0 fully saturated rings. The van der Waals surface area contributed by atoms with Crippen molar-refractivity contribution in [2.45, 2.75) is 20.8 Å². The molecule has 1 aromatic rings. The molecule has 1 heterocycles. The van der Waals surface area contributed by atoms with E-state index >= 15 is 0 Å². The Labute approximate surface area is 68.7 Å². The van der Waals surface area contributed by atoms with E-state index in [1.807, 2.05) is 40.1 Å². The summed E-state index contributed by atoms with van der Waals surface area (Å²) < 4.78 is 0. The summed E-state index contributed by atoms with van der Waals surface area (Å²) in [4.78, 5) is 3.99. The summed E-state index contributed by atoms with van der Waals surface area (Å²) in [6.45, 7) is 6.02. The van der Waals surface area contributed by atoms with E-state index in [0.717, 1.165) is 5.69 Å². The molecule has 0 saturated heterocycles. The van der Waals surface area contributed by atoms with Crippen LogP contribution in [0.3, 0.4) is 0 Å². The Morgan fingerprint density at radius 2 is 1.91 bits per heavy atom. The second kappa shape index (κ2) is 5.71. The van der Waals surface area contributed by atoms with Crippen LogP contribution in [0.15, 0.2) is 18.5 Å². The van der Waals surface area contributed by atoms with Gasteiger partial charge in [0.05, 0.1) is 5.69 Å². The zero-order valence-corrected chi connectivity index (χ0v) is 7.68. The van der Waals surface area contributed by atoms with E-state index in [0.29, 0.717) is 0 Å². The molecule has 0 saturated carbocycles. The number of hydrogen-bond donors (Lipinski definition) is 1. The molecule has 2 heteroatoms. The van der Waals surface area contributed by atoms with Crippen molar-refractivity contribution in [1.82, 2.24) is 4.98 Å². The quantitative estimate of drug-likeness (QED) is 0.668. The number of nitrogens with zero attached hydrogens (tertiary/aromatic N) is 1. The van der Waals surface area contributed by atoms with Gasteiger partial charge in [0.15, 0.2) is 0 Å². The lowest BCUT2D eigenvalue weighted by atomic mass is 10.3. The van der Waals surface area contributed by atoms with Gasteiger partial charge in [0, 0.05) is 19.4 Å². The first-order valence-corrected chi connectivity index (χ1v) is 3.92. The summed E-state index contributed by atoms with van der Waals surface area (Å²) in [5.74, 6) is 0. The van der Waals surface area contributed by atoms with E-state index in [-0.39, 0.29) is 0 Å². The molecule has 11 heavy (non-hydrogen) atoms. The molecule has 0 atom stereocenters. The molecular weight excluding hydrogens is 136 g/mol. The number of pyridine rings is 1. The SMILES string of the molecule is CC.CNc1cncc(C)c1. The van der Waals surface area contributed by atoms with E-state index in [9.17, 15) is 0 Å². The molecule has 0 bridgehead atoms. The van der Waals surface area contributed by atoms with Crippen LogP contribution in [0.25, 0.3) is 0 Å². The third-order valence-electron chi connectivity index (χ3n) is 1.16. The van der Waals surface area contributed by atoms with E-state index in [1.165, 1.54) is 5.56 Å². The maximum absolute atomic E-state index is 3.99. The molecule has 0 aliphatic carbocycles. The van der Waals surface area contributed by atoms with Crippen LogP contribution >= 0.6 is 0 Å². The lowest BCUT2D eigenvalue weighted by Gasteiger charge is -1.97. The van der Waals surface area contributed by atoms with E-state index in [2.05, 4.69) is 10.3 Å². The number of aromatic nitrogens is 1. The molecule has 1 N–H and O–H groups in total. The summed E-state index contributed by atoms with van der Waals surface area (Å²) in [6.07, 6.45) is 3.63. The molecular formula is C9H16N2. The first-order valence-electron chi connectivity index (χ1n) is 3.92. The van der Waals surface area contributed by atoms with Crippen LogP contribution in [-0.4, -0.2) is 12.0 Å². The minimum absolute atomic E-state index is 1.06. The first kappa shape index (κ1) is 9.95. The number of hydrogen-bond acceptors (Lipinski definition) is 2. The fraction of sp³-hybridized carbons (Fsp3) is 0.444. The average molecular weight is 152 g/mol. The lowest BCUT2D eigenvalue weighted by Crippen LogP contribution is -1.88. The van der Waals surface area contributed by atoms with Crippen LogP contribution in [0.1, 0.15) is 19.4 Å². The molecule has 0 aliphatic heterocycles. The lowest BCUT2D eigenvalue weighted by molar-refractivity contribution is 1.26.